The van der Waals surface area contributed by atoms with Crippen LogP contribution in [0.2, 0.25) is 0 Å². The summed E-state index contributed by atoms with van der Waals surface area (Å²) in [6.45, 7) is 5.81. The minimum Gasteiger partial charge on any atom is -0.473 e. The molecule has 5 nitrogen and oxygen atoms in total. The van der Waals surface area contributed by atoms with E-state index in [1.165, 1.54) is 18.3 Å². The molecule has 0 bridgehead atoms. The smallest absolute Gasteiger partial charge is 0.243 e. The molecular formula is C10H16N2O3S. The summed E-state index contributed by atoms with van der Waals surface area (Å²) >= 11 is 0. The lowest BCUT2D eigenvalue weighted by Crippen LogP contribution is -2.22. The number of pyridine rings is 1. The van der Waals surface area contributed by atoms with E-state index in [0.29, 0.717) is 0 Å². The highest BCUT2D eigenvalue weighted by molar-refractivity contribution is 7.89. The monoisotopic (exact) mass is 244 g/mol. The van der Waals surface area contributed by atoms with Gasteiger partial charge in [-0.1, -0.05) is 13.8 Å². The van der Waals surface area contributed by atoms with Crippen molar-refractivity contribution in [2.24, 2.45) is 11.1 Å². The van der Waals surface area contributed by atoms with Crippen molar-refractivity contribution in [3.8, 4) is 5.88 Å². The minimum atomic E-state index is -3.79. The number of hydrogen-bond acceptors (Lipinski definition) is 4. The van der Waals surface area contributed by atoms with Gasteiger partial charge >= 0.3 is 0 Å². The van der Waals surface area contributed by atoms with E-state index in [4.69, 9.17) is 9.88 Å². The fraction of sp³-hybridized carbons (Fsp3) is 0.500. The van der Waals surface area contributed by atoms with Gasteiger partial charge < -0.3 is 4.74 Å². The standard InChI is InChI=1S/C10H16N2O3S/c1-7(2)8(3)15-10-9(16(11,13)14)5-4-6-12-10/h4-8H,1-3H3,(H2,11,13,14). The highest BCUT2D eigenvalue weighted by Crippen LogP contribution is 2.21. The Morgan fingerprint density at radius 3 is 2.50 bits per heavy atom. The predicted octanol–water partition coefficient (Wildman–Crippen LogP) is 1.15. The molecule has 1 aromatic rings. The Bertz CT molecular complexity index is 457. The molecule has 1 atom stereocenters. The Morgan fingerprint density at radius 1 is 1.38 bits per heavy atom. The second kappa shape index (κ2) is 4.80. The van der Waals surface area contributed by atoms with Crippen LogP contribution in [0, 0.1) is 5.92 Å². The third-order valence-corrected chi connectivity index (χ3v) is 3.20. The first-order chi connectivity index (χ1) is 7.32. The molecule has 1 heterocycles. The van der Waals surface area contributed by atoms with Crippen molar-refractivity contribution < 1.29 is 13.2 Å². The number of aromatic nitrogens is 1. The van der Waals surface area contributed by atoms with Gasteiger partial charge in [0.05, 0.1) is 6.10 Å². The van der Waals surface area contributed by atoms with Crippen molar-refractivity contribution in [2.45, 2.75) is 31.8 Å². The molecule has 90 valence electrons. The first-order valence-electron chi connectivity index (χ1n) is 4.97. The van der Waals surface area contributed by atoms with E-state index < -0.39 is 10.0 Å². The van der Waals surface area contributed by atoms with Crippen molar-refractivity contribution in [3.63, 3.8) is 0 Å². The number of nitrogens with two attached hydrogens (primary N) is 1. The van der Waals surface area contributed by atoms with Crippen LogP contribution < -0.4 is 9.88 Å². The number of sulfonamides is 1. The number of rotatable bonds is 4. The summed E-state index contributed by atoms with van der Waals surface area (Å²) in [6.07, 6.45) is 1.34. The molecule has 0 aromatic carbocycles. The highest BCUT2D eigenvalue weighted by atomic mass is 32.2. The maximum atomic E-state index is 11.3. The van der Waals surface area contributed by atoms with Crippen molar-refractivity contribution >= 4 is 10.0 Å². The maximum Gasteiger partial charge on any atom is 0.243 e. The molecule has 16 heavy (non-hydrogen) atoms. The van der Waals surface area contributed by atoms with E-state index in [1.54, 1.807) is 0 Å². The van der Waals surface area contributed by atoms with Crippen LogP contribution in [0.5, 0.6) is 5.88 Å². The van der Waals surface area contributed by atoms with E-state index in [9.17, 15) is 8.42 Å². The third kappa shape index (κ3) is 3.18. The quantitative estimate of drug-likeness (QED) is 0.861. The highest BCUT2D eigenvalue weighted by Gasteiger charge is 2.18. The van der Waals surface area contributed by atoms with Gasteiger partial charge in [-0.05, 0) is 25.0 Å². The van der Waals surface area contributed by atoms with Crippen molar-refractivity contribution in [1.82, 2.24) is 4.98 Å². The van der Waals surface area contributed by atoms with Crippen molar-refractivity contribution in [2.75, 3.05) is 0 Å². The predicted molar refractivity (Wildman–Crippen MR) is 60.5 cm³/mol. The van der Waals surface area contributed by atoms with Gasteiger partial charge in [-0.25, -0.2) is 18.5 Å². The summed E-state index contributed by atoms with van der Waals surface area (Å²) in [5, 5.41) is 5.06. The fourth-order valence-electron chi connectivity index (χ4n) is 0.993. The fourth-order valence-corrected chi connectivity index (χ4v) is 1.61. The molecule has 0 radical (unpaired) electrons. The molecular weight excluding hydrogens is 228 g/mol. The lowest BCUT2D eigenvalue weighted by atomic mass is 10.1. The number of primary sulfonamides is 1. The molecule has 2 N–H and O–H groups in total. The van der Waals surface area contributed by atoms with E-state index in [2.05, 4.69) is 4.98 Å². The van der Waals surface area contributed by atoms with Gasteiger partial charge in [0.1, 0.15) is 4.90 Å². The number of ether oxygens (including phenoxy) is 1. The van der Waals surface area contributed by atoms with Gasteiger partial charge in [0.15, 0.2) is 0 Å². The van der Waals surface area contributed by atoms with Crippen LogP contribution in [0.1, 0.15) is 20.8 Å². The molecule has 0 spiro atoms. The lowest BCUT2D eigenvalue weighted by molar-refractivity contribution is 0.158. The Hall–Kier alpha value is -1.14. The SMILES string of the molecule is CC(C)C(C)Oc1ncccc1S(N)(=O)=O. The Kier molecular flexibility index (Phi) is 3.88. The zero-order chi connectivity index (χ0) is 12.3. The van der Waals surface area contributed by atoms with Gasteiger partial charge in [-0.3, -0.25) is 0 Å². The van der Waals surface area contributed by atoms with Crippen LogP contribution in [-0.2, 0) is 10.0 Å². The summed E-state index contributed by atoms with van der Waals surface area (Å²) in [7, 11) is -3.79. The van der Waals surface area contributed by atoms with Gasteiger partial charge in [-0.2, -0.15) is 0 Å². The van der Waals surface area contributed by atoms with Crippen LogP contribution in [0.3, 0.4) is 0 Å². The van der Waals surface area contributed by atoms with Crippen LogP contribution >= 0.6 is 0 Å². The van der Waals surface area contributed by atoms with Gasteiger partial charge in [0, 0.05) is 6.20 Å². The summed E-state index contributed by atoms with van der Waals surface area (Å²) in [5.74, 6) is 0.321. The Balaban J connectivity index is 3.06. The van der Waals surface area contributed by atoms with Gasteiger partial charge in [-0.15, -0.1) is 0 Å². The molecule has 1 aromatic heterocycles. The second-order valence-electron chi connectivity index (χ2n) is 3.92. The lowest BCUT2D eigenvalue weighted by Gasteiger charge is -2.18. The second-order valence-corrected chi connectivity index (χ2v) is 5.45. The van der Waals surface area contributed by atoms with Gasteiger partial charge in [0.25, 0.3) is 0 Å². The van der Waals surface area contributed by atoms with Crippen LogP contribution in [0.4, 0.5) is 0 Å². The average Bonchev–Trinajstić information content (AvgIpc) is 2.16. The molecule has 1 rings (SSSR count). The first-order valence-corrected chi connectivity index (χ1v) is 6.51. The average molecular weight is 244 g/mol. The summed E-state index contributed by atoms with van der Waals surface area (Å²) in [6, 6.07) is 2.89. The zero-order valence-electron chi connectivity index (χ0n) is 9.54. The minimum absolute atomic E-state index is 0.0613. The van der Waals surface area contributed by atoms with Crippen LogP contribution in [0.15, 0.2) is 23.2 Å². The normalized spacial score (nSPS) is 13.8. The summed E-state index contributed by atoms with van der Waals surface area (Å²) < 4.78 is 28.0. The summed E-state index contributed by atoms with van der Waals surface area (Å²) in [4.78, 5) is 3.81. The van der Waals surface area contributed by atoms with Crippen LogP contribution in [0.25, 0.3) is 0 Å². The Morgan fingerprint density at radius 2 is 2.00 bits per heavy atom. The van der Waals surface area contributed by atoms with E-state index in [-0.39, 0.29) is 22.8 Å². The molecule has 0 aliphatic heterocycles. The molecule has 0 aliphatic rings. The largest absolute Gasteiger partial charge is 0.473 e. The summed E-state index contributed by atoms with van der Waals surface area (Å²) in [5.41, 5.74) is 0. The van der Waals surface area contributed by atoms with Gasteiger partial charge in [0.2, 0.25) is 15.9 Å². The first kappa shape index (κ1) is 12.9. The van der Waals surface area contributed by atoms with Crippen molar-refractivity contribution in [3.05, 3.63) is 18.3 Å². The molecule has 1 unspecified atom stereocenters. The van der Waals surface area contributed by atoms with Crippen LogP contribution in [-0.4, -0.2) is 19.5 Å². The number of hydrogen-bond donors (Lipinski definition) is 1. The van der Waals surface area contributed by atoms with E-state index in [1.807, 2.05) is 20.8 Å². The Labute approximate surface area is 95.7 Å². The van der Waals surface area contributed by atoms with E-state index >= 15 is 0 Å². The topological polar surface area (TPSA) is 82.3 Å². The zero-order valence-corrected chi connectivity index (χ0v) is 10.4. The molecule has 0 aliphatic carbocycles. The van der Waals surface area contributed by atoms with E-state index in [0.717, 1.165) is 0 Å². The maximum absolute atomic E-state index is 11.3. The molecule has 0 amide bonds. The molecule has 6 heteroatoms. The molecule has 0 fully saturated rings. The third-order valence-electron chi connectivity index (χ3n) is 2.28. The van der Waals surface area contributed by atoms with Crippen molar-refractivity contribution in [1.29, 1.82) is 0 Å². The molecule has 0 saturated carbocycles. The molecule has 0 saturated heterocycles. The number of nitrogens with zero attached hydrogens (tertiary/aromatic N) is 1.